The summed E-state index contributed by atoms with van der Waals surface area (Å²) in [6, 6.07) is 15.6. The van der Waals surface area contributed by atoms with Crippen molar-refractivity contribution in [2.45, 2.75) is 63.5 Å². The van der Waals surface area contributed by atoms with Crippen LogP contribution in [0.25, 0.3) is 11.1 Å². The Morgan fingerprint density at radius 1 is 1.03 bits per heavy atom. The molecule has 7 heteroatoms. The Balaban J connectivity index is 1.33. The molecule has 0 heterocycles. The number of aliphatic carboxylic acids is 1. The van der Waals surface area contributed by atoms with Crippen molar-refractivity contribution in [3.8, 4) is 11.1 Å². The molecule has 2 aromatic carbocycles. The Morgan fingerprint density at radius 2 is 1.68 bits per heavy atom. The average molecular weight is 465 g/mol. The van der Waals surface area contributed by atoms with Crippen LogP contribution in [0, 0.1) is 5.92 Å². The molecule has 3 N–H and O–H groups in total. The first-order valence-corrected chi connectivity index (χ1v) is 12.1. The Kier molecular flexibility index (Phi) is 7.50. The van der Waals surface area contributed by atoms with Crippen molar-refractivity contribution in [3.05, 3.63) is 59.7 Å². The van der Waals surface area contributed by atoms with Crippen LogP contribution in [0.15, 0.2) is 48.5 Å². The summed E-state index contributed by atoms with van der Waals surface area (Å²) in [7, 11) is 0. The van der Waals surface area contributed by atoms with E-state index < -0.39 is 18.0 Å². The van der Waals surface area contributed by atoms with Gasteiger partial charge in [0, 0.05) is 24.4 Å². The van der Waals surface area contributed by atoms with E-state index in [0.29, 0.717) is 19.3 Å². The van der Waals surface area contributed by atoms with Crippen LogP contribution in [0.5, 0.6) is 0 Å². The summed E-state index contributed by atoms with van der Waals surface area (Å²) in [6.07, 6.45) is 3.02. The fourth-order valence-corrected chi connectivity index (χ4v) is 5.30. The molecule has 2 aliphatic carbocycles. The molecule has 2 aliphatic rings. The van der Waals surface area contributed by atoms with Gasteiger partial charge >= 0.3 is 12.1 Å². The number of amides is 2. The summed E-state index contributed by atoms with van der Waals surface area (Å²) in [5, 5.41) is 15.0. The molecule has 0 saturated heterocycles. The molecule has 2 amide bonds. The van der Waals surface area contributed by atoms with Crippen LogP contribution in [0.1, 0.15) is 62.5 Å². The summed E-state index contributed by atoms with van der Waals surface area (Å²) in [5.74, 6) is -1.68. The van der Waals surface area contributed by atoms with E-state index in [1.807, 2.05) is 31.2 Å². The maximum Gasteiger partial charge on any atom is 0.407 e. The second-order valence-electron chi connectivity index (χ2n) is 9.21. The van der Waals surface area contributed by atoms with Crippen molar-refractivity contribution in [2.24, 2.45) is 5.92 Å². The summed E-state index contributed by atoms with van der Waals surface area (Å²) in [4.78, 5) is 36.6. The molecule has 2 aromatic rings. The first-order valence-electron chi connectivity index (χ1n) is 12.1. The van der Waals surface area contributed by atoms with Gasteiger partial charge in [0.05, 0.1) is 5.92 Å². The molecule has 0 bridgehead atoms. The van der Waals surface area contributed by atoms with Gasteiger partial charge < -0.3 is 20.5 Å². The molecule has 1 fully saturated rings. The number of carbonyl (C=O) groups excluding carboxylic acids is 2. The quantitative estimate of drug-likeness (QED) is 0.508. The highest BCUT2D eigenvalue weighted by Crippen LogP contribution is 2.44. The van der Waals surface area contributed by atoms with Crippen molar-refractivity contribution >= 4 is 18.0 Å². The van der Waals surface area contributed by atoms with Gasteiger partial charge in [-0.1, -0.05) is 68.3 Å². The Bertz CT molecular complexity index is 1010. The molecule has 7 nitrogen and oxygen atoms in total. The van der Waals surface area contributed by atoms with Crippen molar-refractivity contribution in [1.29, 1.82) is 0 Å². The van der Waals surface area contributed by atoms with E-state index in [1.54, 1.807) is 0 Å². The van der Waals surface area contributed by atoms with Gasteiger partial charge in [-0.05, 0) is 41.5 Å². The summed E-state index contributed by atoms with van der Waals surface area (Å²) >= 11 is 0. The predicted molar refractivity (Wildman–Crippen MR) is 128 cm³/mol. The van der Waals surface area contributed by atoms with Gasteiger partial charge in [0.25, 0.3) is 0 Å². The second kappa shape index (κ2) is 10.7. The first-order chi connectivity index (χ1) is 16.5. The van der Waals surface area contributed by atoms with E-state index in [9.17, 15) is 19.5 Å². The maximum atomic E-state index is 12.6. The third-order valence-electron chi connectivity index (χ3n) is 6.91. The summed E-state index contributed by atoms with van der Waals surface area (Å²) in [5.41, 5.74) is 4.62. The van der Waals surface area contributed by atoms with Crippen LogP contribution >= 0.6 is 0 Å². The number of fused-ring (bicyclic) bond motifs is 3. The summed E-state index contributed by atoms with van der Waals surface area (Å²) in [6.45, 7) is 2.20. The van der Waals surface area contributed by atoms with E-state index in [0.717, 1.165) is 24.0 Å². The Labute approximate surface area is 199 Å². The molecule has 0 aromatic heterocycles. The summed E-state index contributed by atoms with van der Waals surface area (Å²) < 4.78 is 5.62. The SMILES string of the molecule is CCCC(CC(=O)N[C@@H]1CCC[C@@H]1C(=O)O)NC(=O)OCC1c2ccccc2-c2ccccc21. The molecule has 0 spiro atoms. The van der Waals surface area contributed by atoms with E-state index in [4.69, 9.17) is 4.74 Å². The van der Waals surface area contributed by atoms with Gasteiger partial charge in [-0.3, -0.25) is 9.59 Å². The van der Waals surface area contributed by atoms with Crippen LogP contribution < -0.4 is 10.6 Å². The highest BCUT2D eigenvalue weighted by Gasteiger charge is 2.34. The first kappa shape index (κ1) is 23.8. The zero-order chi connectivity index (χ0) is 24.1. The lowest BCUT2D eigenvalue weighted by atomic mass is 9.98. The topological polar surface area (TPSA) is 105 Å². The van der Waals surface area contributed by atoms with E-state index in [1.165, 1.54) is 11.1 Å². The van der Waals surface area contributed by atoms with Crippen molar-refractivity contribution in [2.75, 3.05) is 6.61 Å². The molecule has 1 unspecified atom stereocenters. The zero-order valence-electron chi connectivity index (χ0n) is 19.5. The second-order valence-corrected chi connectivity index (χ2v) is 9.21. The largest absolute Gasteiger partial charge is 0.481 e. The third-order valence-corrected chi connectivity index (χ3v) is 6.91. The average Bonchev–Trinajstić information content (AvgIpc) is 3.40. The van der Waals surface area contributed by atoms with Crippen LogP contribution in [-0.4, -0.2) is 41.8 Å². The molecule has 4 rings (SSSR count). The number of hydrogen-bond donors (Lipinski definition) is 3. The number of rotatable bonds is 9. The number of nitrogens with one attached hydrogen (secondary N) is 2. The lowest BCUT2D eigenvalue weighted by Gasteiger charge is -2.22. The van der Waals surface area contributed by atoms with Crippen LogP contribution in [0.2, 0.25) is 0 Å². The lowest BCUT2D eigenvalue weighted by Crippen LogP contribution is -2.44. The molecular formula is C27H32N2O5. The number of carboxylic acid groups (broad SMARTS) is 1. The number of carbonyl (C=O) groups is 3. The van der Waals surface area contributed by atoms with Crippen molar-refractivity contribution in [3.63, 3.8) is 0 Å². The Morgan fingerprint density at radius 3 is 2.29 bits per heavy atom. The highest BCUT2D eigenvalue weighted by molar-refractivity contribution is 5.80. The molecule has 34 heavy (non-hydrogen) atoms. The molecular weight excluding hydrogens is 432 g/mol. The molecule has 0 aliphatic heterocycles. The third kappa shape index (κ3) is 5.24. The van der Waals surface area contributed by atoms with Gasteiger partial charge in [0.15, 0.2) is 0 Å². The number of hydrogen-bond acceptors (Lipinski definition) is 4. The molecule has 0 radical (unpaired) electrons. The van der Waals surface area contributed by atoms with Gasteiger partial charge in [0.1, 0.15) is 6.61 Å². The number of carboxylic acids is 1. The van der Waals surface area contributed by atoms with E-state index in [-0.39, 0.29) is 36.9 Å². The van der Waals surface area contributed by atoms with Gasteiger partial charge in [0.2, 0.25) is 5.91 Å². The minimum absolute atomic E-state index is 0.0265. The van der Waals surface area contributed by atoms with Gasteiger partial charge in [-0.25, -0.2) is 4.79 Å². The molecule has 180 valence electrons. The highest BCUT2D eigenvalue weighted by atomic mass is 16.5. The number of ether oxygens (including phenoxy) is 1. The molecule has 1 saturated carbocycles. The van der Waals surface area contributed by atoms with Crippen molar-refractivity contribution in [1.82, 2.24) is 10.6 Å². The molecule has 3 atom stereocenters. The lowest BCUT2D eigenvalue weighted by molar-refractivity contribution is -0.142. The zero-order valence-corrected chi connectivity index (χ0v) is 19.5. The van der Waals surface area contributed by atoms with E-state index in [2.05, 4.69) is 34.9 Å². The van der Waals surface area contributed by atoms with Crippen LogP contribution in [0.3, 0.4) is 0 Å². The van der Waals surface area contributed by atoms with E-state index >= 15 is 0 Å². The minimum Gasteiger partial charge on any atom is -0.481 e. The van der Waals surface area contributed by atoms with Crippen LogP contribution in [-0.2, 0) is 14.3 Å². The number of alkyl carbamates (subject to hydrolysis) is 1. The fraction of sp³-hybridized carbons (Fsp3) is 0.444. The number of benzene rings is 2. The monoisotopic (exact) mass is 464 g/mol. The maximum absolute atomic E-state index is 12.6. The Hall–Kier alpha value is -3.35. The predicted octanol–water partition coefficient (Wildman–Crippen LogP) is 4.45. The van der Waals surface area contributed by atoms with Crippen molar-refractivity contribution < 1.29 is 24.2 Å². The standard InChI is InChI=1S/C27H32N2O5/c1-2-8-17(15-25(30)29-24-14-7-13-22(24)26(31)32)28-27(33)34-16-23-20-11-5-3-9-18(20)19-10-4-6-12-21(19)23/h3-6,9-12,17,22-24H,2,7-8,13-16H2,1H3,(H,28,33)(H,29,30)(H,31,32)/t17?,22-,24+/m0/s1. The fourth-order valence-electron chi connectivity index (χ4n) is 5.30. The van der Waals surface area contributed by atoms with Gasteiger partial charge in [-0.2, -0.15) is 0 Å². The minimum atomic E-state index is -0.871. The van der Waals surface area contributed by atoms with Gasteiger partial charge in [-0.15, -0.1) is 0 Å². The smallest absolute Gasteiger partial charge is 0.407 e. The normalized spacial score (nSPS) is 19.7. The van der Waals surface area contributed by atoms with Crippen LogP contribution in [0.4, 0.5) is 4.79 Å².